The van der Waals surface area contributed by atoms with Crippen molar-refractivity contribution in [2.45, 2.75) is 19.3 Å². The predicted molar refractivity (Wildman–Crippen MR) is 115 cm³/mol. The molecule has 29 heavy (non-hydrogen) atoms. The lowest BCUT2D eigenvalue weighted by Crippen LogP contribution is -2.24. The maximum absolute atomic E-state index is 12.5. The molecule has 0 aliphatic carbocycles. The van der Waals surface area contributed by atoms with Gasteiger partial charge in [-0.15, -0.1) is 10.2 Å². The van der Waals surface area contributed by atoms with Crippen LogP contribution in [-0.4, -0.2) is 28.6 Å². The van der Waals surface area contributed by atoms with Crippen LogP contribution in [0.25, 0.3) is 0 Å². The third-order valence-electron chi connectivity index (χ3n) is 4.62. The lowest BCUT2D eigenvalue weighted by atomic mass is 10.1. The fourth-order valence-corrected chi connectivity index (χ4v) is 4.53. The number of amides is 2. The van der Waals surface area contributed by atoms with Gasteiger partial charge in [0.2, 0.25) is 11.0 Å². The Hall–Kier alpha value is -2.48. The number of benzene rings is 2. The molecule has 1 atom stereocenters. The summed E-state index contributed by atoms with van der Waals surface area (Å²) >= 11 is 13.2. The third kappa shape index (κ3) is 4.27. The lowest BCUT2D eigenvalue weighted by Gasteiger charge is -2.16. The van der Waals surface area contributed by atoms with Gasteiger partial charge in [0.15, 0.2) is 0 Å². The third-order valence-corrected chi connectivity index (χ3v) is 6.17. The van der Waals surface area contributed by atoms with Crippen LogP contribution in [-0.2, 0) is 4.79 Å². The summed E-state index contributed by atoms with van der Waals surface area (Å²) in [6.45, 7) is 2.53. The highest BCUT2D eigenvalue weighted by Gasteiger charge is 2.34. The minimum absolute atomic E-state index is 0.0503. The van der Waals surface area contributed by atoms with E-state index >= 15 is 0 Å². The number of hydrogen-bond donors (Lipinski definition) is 1. The van der Waals surface area contributed by atoms with Crippen LogP contribution in [0, 0.1) is 6.92 Å². The SMILES string of the molecule is Cc1cccc(N2CC(c3nnc(NC(=O)c4ccc(Cl)cc4Cl)s3)CC2=O)c1. The number of halogens is 2. The van der Waals surface area contributed by atoms with Crippen molar-refractivity contribution in [3.05, 3.63) is 68.6 Å². The first-order valence-electron chi connectivity index (χ1n) is 8.87. The molecule has 1 fully saturated rings. The van der Waals surface area contributed by atoms with Crippen molar-refractivity contribution in [2.75, 3.05) is 16.8 Å². The molecule has 1 unspecified atom stereocenters. The molecule has 148 valence electrons. The smallest absolute Gasteiger partial charge is 0.259 e. The van der Waals surface area contributed by atoms with E-state index in [2.05, 4.69) is 15.5 Å². The number of anilines is 2. The second-order valence-corrected chi connectivity index (χ2v) is 8.62. The van der Waals surface area contributed by atoms with Crippen molar-refractivity contribution in [1.29, 1.82) is 0 Å². The topological polar surface area (TPSA) is 75.2 Å². The molecule has 2 amide bonds. The Balaban J connectivity index is 1.46. The van der Waals surface area contributed by atoms with E-state index < -0.39 is 5.91 Å². The molecule has 9 heteroatoms. The van der Waals surface area contributed by atoms with E-state index in [0.717, 1.165) is 11.3 Å². The van der Waals surface area contributed by atoms with Crippen molar-refractivity contribution in [3.8, 4) is 0 Å². The van der Waals surface area contributed by atoms with Gasteiger partial charge >= 0.3 is 0 Å². The molecular weight excluding hydrogens is 431 g/mol. The maximum atomic E-state index is 12.5. The Bertz CT molecular complexity index is 1100. The monoisotopic (exact) mass is 446 g/mol. The Morgan fingerprint density at radius 2 is 2.03 bits per heavy atom. The first-order valence-corrected chi connectivity index (χ1v) is 10.4. The molecule has 1 aliphatic heterocycles. The van der Waals surface area contributed by atoms with E-state index in [1.807, 2.05) is 31.2 Å². The largest absolute Gasteiger partial charge is 0.312 e. The quantitative estimate of drug-likeness (QED) is 0.616. The Kier molecular flexibility index (Phi) is 5.54. The first-order chi connectivity index (χ1) is 13.9. The average Bonchev–Trinajstić information content (AvgIpc) is 3.28. The van der Waals surface area contributed by atoms with Crippen LogP contribution in [0.1, 0.15) is 33.3 Å². The van der Waals surface area contributed by atoms with E-state index in [1.54, 1.807) is 17.0 Å². The number of nitrogens with zero attached hydrogens (tertiary/aromatic N) is 3. The van der Waals surface area contributed by atoms with Gasteiger partial charge in [0.1, 0.15) is 5.01 Å². The summed E-state index contributed by atoms with van der Waals surface area (Å²) in [5.41, 5.74) is 2.28. The van der Waals surface area contributed by atoms with Crippen LogP contribution in [0.4, 0.5) is 10.8 Å². The molecule has 0 radical (unpaired) electrons. The number of aromatic nitrogens is 2. The van der Waals surface area contributed by atoms with Gasteiger partial charge in [-0.25, -0.2) is 0 Å². The first kappa shape index (κ1) is 19.8. The number of carbonyl (C=O) groups is 2. The minimum atomic E-state index is -0.391. The summed E-state index contributed by atoms with van der Waals surface area (Å²) in [7, 11) is 0. The Morgan fingerprint density at radius 1 is 1.21 bits per heavy atom. The molecule has 1 aliphatic rings. The molecule has 6 nitrogen and oxygen atoms in total. The average molecular weight is 447 g/mol. The van der Waals surface area contributed by atoms with Gasteiger partial charge in [0, 0.05) is 29.6 Å². The van der Waals surface area contributed by atoms with Crippen molar-refractivity contribution in [1.82, 2.24) is 10.2 Å². The second kappa shape index (κ2) is 8.10. The highest BCUT2D eigenvalue weighted by atomic mass is 35.5. The number of carbonyl (C=O) groups excluding carboxylic acids is 2. The summed E-state index contributed by atoms with van der Waals surface area (Å²) in [4.78, 5) is 26.7. The van der Waals surface area contributed by atoms with Crippen LogP contribution in [0.3, 0.4) is 0 Å². The molecule has 0 spiro atoms. The summed E-state index contributed by atoms with van der Waals surface area (Å²) in [5.74, 6) is -0.405. The Morgan fingerprint density at radius 3 is 2.79 bits per heavy atom. The standard InChI is InChI=1S/C20H16Cl2N4O2S/c1-11-3-2-4-14(7-11)26-10-12(8-17(26)27)19-24-25-20(29-19)23-18(28)15-6-5-13(21)9-16(15)22/h2-7,9,12H,8,10H2,1H3,(H,23,25,28). The van der Waals surface area contributed by atoms with Crippen molar-refractivity contribution < 1.29 is 9.59 Å². The fourth-order valence-electron chi connectivity index (χ4n) is 3.21. The van der Waals surface area contributed by atoms with E-state index in [-0.39, 0.29) is 16.8 Å². The van der Waals surface area contributed by atoms with E-state index in [0.29, 0.717) is 33.7 Å². The van der Waals surface area contributed by atoms with Gasteiger partial charge in [0.05, 0.1) is 10.6 Å². The number of hydrogen-bond acceptors (Lipinski definition) is 5. The molecule has 1 saturated heterocycles. The molecule has 2 aromatic carbocycles. The molecule has 1 aromatic heterocycles. The number of nitrogens with one attached hydrogen (secondary N) is 1. The lowest BCUT2D eigenvalue weighted by molar-refractivity contribution is -0.117. The highest BCUT2D eigenvalue weighted by Crippen LogP contribution is 2.34. The highest BCUT2D eigenvalue weighted by molar-refractivity contribution is 7.15. The molecule has 2 heterocycles. The molecule has 0 saturated carbocycles. The Labute approximate surface area is 181 Å². The molecule has 1 N–H and O–H groups in total. The minimum Gasteiger partial charge on any atom is -0.312 e. The summed E-state index contributed by atoms with van der Waals surface area (Å²) in [6, 6.07) is 12.5. The van der Waals surface area contributed by atoms with E-state index in [9.17, 15) is 9.59 Å². The molecule has 3 aromatic rings. The number of rotatable bonds is 4. The maximum Gasteiger partial charge on any atom is 0.259 e. The molecule has 0 bridgehead atoms. The van der Waals surface area contributed by atoms with Crippen LogP contribution in [0.2, 0.25) is 10.0 Å². The van der Waals surface area contributed by atoms with Gasteiger partial charge < -0.3 is 4.90 Å². The van der Waals surface area contributed by atoms with Crippen LogP contribution < -0.4 is 10.2 Å². The fraction of sp³-hybridized carbons (Fsp3) is 0.200. The van der Waals surface area contributed by atoms with Gasteiger partial charge in [-0.05, 0) is 42.8 Å². The van der Waals surface area contributed by atoms with Gasteiger partial charge in [-0.3, -0.25) is 14.9 Å². The summed E-state index contributed by atoms with van der Waals surface area (Å²) in [5, 5.41) is 12.7. The van der Waals surface area contributed by atoms with Crippen molar-refractivity contribution in [2.24, 2.45) is 0 Å². The normalized spacial score (nSPS) is 16.3. The van der Waals surface area contributed by atoms with E-state index in [4.69, 9.17) is 23.2 Å². The van der Waals surface area contributed by atoms with Crippen LogP contribution in [0.15, 0.2) is 42.5 Å². The second-order valence-electron chi connectivity index (χ2n) is 6.77. The van der Waals surface area contributed by atoms with Gasteiger partial charge in [-0.1, -0.05) is 46.7 Å². The zero-order chi connectivity index (χ0) is 20.5. The van der Waals surface area contributed by atoms with Crippen LogP contribution in [0.5, 0.6) is 0 Å². The van der Waals surface area contributed by atoms with E-state index in [1.165, 1.54) is 17.4 Å². The zero-order valence-electron chi connectivity index (χ0n) is 15.4. The van der Waals surface area contributed by atoms with Crippen molar-refractivity contribution >= 4 is 57.2 Å². The number of aryl methyl sites for hydroxylation is 1. The molecule has 4 rings (SSSR count). The summed E-state index contributed by atoms with van der Waals surface area (Å²) in [6.07, 6.45) is 0.361. The van der Waals surface area contributed by atoms with Crippen LogP contribution >= 0.6 is 34.5 Å². The summed E-state index contributed by atoms with van der Waals surface area (Å²) < 4.78 is 0. The van der Waals surface area contributed by atoms with Crippen molar-refractivity contribution in [3.63, 3.8) is 0 Å². The van der Waals surface area contributed by atoms with Gasteiger partial charge in [0.25, 0.3) is 5.91 Å². The predicted octanol–water partition coefficient (Wildman–Crippen LogP) is 4.93. The zero-order valence-corrected chi connectivity index (χ0v) is 17.7. The van der Waals surface area contributed by atoms with Gasteiger partial charge in [-0.2, -0.15) is 0 Å². The molecular formula is C20H16Cl2N4O2S.